The van der Waals surface area contributed by atoms with Gasteiger partial charge in [-0.2, -0.15) is 0 Å². The van der Waals surface area contributed by atoms with Gasteiger partial charge in [0.15, 0.2) is 0 Å². The zero-order valence-electron chi connectivity index (χ0n) is 9.73. The molecule has 0 aliphatic heterocycles. The summed E-state index contributed by atoms with van der Waals surface area (Å²) in [5, 5.41) is 8.74. The van der Waals surface area contributed by atoms with E-state index in [1.54, 1.807) is 20.8 Å². The van der Waals surface area contributed by atoms with E-state index in [0.29, 0.717) is 0 Å². The summed E-state index contributed by atoms with van der Waals surface area (Å²) in [7, 11) is 0. The fourth-order valence-corrected chi connectivity index (χ4v) is 1.09. The summed E-state index contributed by atoms with van der Waals surface area (Å²) in [5.74, 6) is -2.08. The number of carboxylic acids is 1. The topological polar surface area (TPSA) is 96.5 Å². The van der Waals surface area contributed by atoms with Crippen LogP contribution in [-0.2, 0) is 4.74 Å². The maximum Gasteiger partial charge on any atom is 0.344 e. The number of ether oxygens (including phenoxy) is 1. The van der Waals surface area contributed by atoms with Crippen molar-refractivity contribution < 1.29 is 19.4 Å². The number of nitrogens with one attached hydrogen (secondary N) is 1. The van der Waals surface area contributed by atoms with Gasteiger partial charge in [0.2, 0.25) is 0 Å². The number of carboxylic acid groups (broad SMARTS) is 1. The quantitative estimate of drug-likeness (QED) is 0.751. The van der Waals surface area contributed by atoms with Crippen molar-refractivity contribution in [2.75, 3.05) is 0 Å². The SMILES string of the molecule is CC(C)(C)OC(=O)c1cc(C(=O)O)c[nH]c1=O. The Morgan fingerprint density at radius 2 is 1.94 bits per heavy atom. The van der Waals surface area contributed by atoms with E-state index in [1.165, 1.54) is 0 Å². The van der Waals surface area contributed by atoms with Crippen molar-refractivity contribution in [2.45, 2.75) is 26.4 Å². The number of aromatic nitrogens is 1. The van der Waals surface area contributed by atoms with Gasteiger partial charge in [-0.1, -0.05) is 0 Å². The van der Waals surface area contributed by atoms with E-state index in [9.17, 15) is 14.4 Å². The van der Waals surface area contributed by atoms with Gasteiger partial charge in [-0.25, -0.2) is 9.59 Å². The lowest BCUT2D eigenvalue weighted by molar-refractivity contribution is 0.00675. The molecule has 0 aliphatic carbocycles. The van der Waals surface area contributed by atoms with Crippen molar-refractivity contribution in [1.29, 1.82) is 0 Å². The molecule has 17 heavy (non-hydrogen) atoms. The van der Waals surface area contributed by atoms with E-state index < -0.39 is 23.1 Å². The average molecular weight is 239 g/mol. The van der Waals surface area contributed by atoms with Gasteiger partial charge in [0.1, 0.15) is 11.2 Å². The molecule has 0 amide bonds. The molecule has 6 nitrogen and oxygen atoms in total. The summed E-state index contributed by atoms with van der Waals surface area (Å²) in [4.78, 5) is 35.9. The van der Waals surface area contributed by atoms with E-state index in [1.807, 2.05) is 0 Å². The highest BCUT2D eigenvalue weighted by Gasteiger charge is 2.21. The van der Waals surface area contributed by atoms with Crippen molar-refractivity contribution in [3.63, 3.8) is 0 Å². The van der Waals surface area contributed by atoms with E-state index >= 15 is 0 Å². The third-order valence-electron chi connectivity index (χ3n) is 1.77. The molecule has 92 valence electrons. The van der Waals surface area contributed by atoms with Gasteiger partial charge in [-0.05, 0) is 26.8 Å². The van der Waals surface area contributed by atoms with Crippen LogP contribution in [0.25, 0.3) is 0 Å². The smallest absolute Gasteiger partial charge is 0.344 e. The second-order valence-corrected chi connectivity index (χ2v) is 4.44. The minimum Gasteiger partial charge on any atom is -0.478 e. The minimum absolute atomic E-state index is 0.176. The molecule has 0 fully saturated rings. The summed E-state index contributed by atoms with van der Waals surface area (Å²) in [6, 6.07) is 0.995. The molecule has 6 heteroatoms. The normalized spacial score (nSPS) is 11.0. The number of H-pyrrole nitrogens is 1. The molecule has 0 spiro atoms. The van der Waals surface area contributed by atoms with Gasteiger partial charge in [-0.3, -0.25) is 4.79 Å². The van der Waals surface area contributed by atoms with Crippen LogP contribution in [0.3, 0.4) is 0 Å². The Morgan fingerprint density at radius 1 is 1.35 bits per heavy atom. The van der Waals surface area contributed by atoms with E-state index in [0.717, 1.165) is 12.3 Å². The highest BCUT2D eigenvalue weighted by atomic mass is 16.6. The Labute approximate surface area is 97.2 Å². The predicted molar refractivity (Wildman–Crippen MR) is 59.2 cm³/mol. The van der Waals surface area contributed by atoms with Crippen LogP contribution >= 0.6 is 0 Å². The van der Waals surface area contributed by atoms with Crippen LogP contribution in [0.15, 0.2) is 17.1 Å². The lowest BCUT2D eigenvalue weighted by Gasteiger charge is -2.19. The lowest BCUT2D eigenvalue weighted by atomic mass is 10.1. The summed E-state index contributed by atoms with van der Waals surface area (Å²) in [5.41, 5.74) is -1.92. The zero-order valence-corrected chi connectivity index (χ0v) is 9.73. The molecule has 1 heterocycles. The maximum absolute atomic E-state index is 11.6. The molecule has 2 N–H and O–H groups in total. The highest BCUT2D eigenvalue weighted by Crippen LogP contribution is 2.10. The summed E-state index contributed by atoms with van der Waals surface area (Å²) < 4.78 is 4.99. The second kappa shape index (κ2) is 4.40. The molecule has 1 rings (SSSR count). The van der Waals surface area contributed by atoms with Gasteiger partial charge < -0.3 is 14.8 Å². The summed E-state index contributed by atoms with van der Waals surface area (Å²) in [6.07, 6.45) is 1.03. The van der Waals surface area contributed by atoms with Crippen LogP contribution in [0.1, 0.15) is 41.5 Å². The number of carbonyl (C=O) groups excluding carboxylic acids is 1. The first-order chi connectivity index (χ1) is 7.70. The summed E-state index contributed by atoms with van der Waals surface area (Å²) in [6.45, 7) is 4.96. The molecule has 0 aromatic carbocycles. The monoisotopic (exact) mass is 239 g/mol. The number of rotatable bonds is 2. The average Bonchev–Trinajstić information content (AvgIpc) is 2.14. The number of carbonyl (C=O) groups is 2. The van der Waals surface area contributed by atoms with Crippen LogP contribution in [-0.4, -0.2) is 27.6 Å². The zero-order chi connectivity index (χ0) is 13.2. The molecule has 0 atom stereocenters. The van der Waals surface area contributed by atoms with Crippen molar-refractivity contribution in [3.05, 3.63) is 33.7 Å². The third kappa shape index (κ3) is 3.44. The number of pyridine rings is 1. The van der Waals surface area contributed by atoms with Crippen LogP contribution < -0.4 is 5.56 Å². The first-order valence-corrected chi connectivity index (χ1v) is 4.90. The minimum atomic E-state index is -1.23. The van der Waals surface area contributed by atoms with Crippen LogP contribution in [0.5, 0.6) is 0 Å². The van der Waals surface area contributed by atoms with Crippen molar-refractivity contribution >= 4 is 11.9 Å². The number of aromatic amines is 1. The Bertz CT molecular complexity index is 509. The van der Waals surface area contributed by atoms with E-state index in [-0.39, 0.29) is 11.1 Å². The molecule has 0 unspecified atom stereocenters. The number of hydrogen-bond donors (Lipinski definition) is 2. The largest absolute Gasteiger partial charge is 0.478 e. The van der Waals surface area contributed by atoms with Crippen LogP contribution in [0.2, 0.25) is 0 Å². The summed E-state index contributed by atoms with van der Waals surface area (Å²) >= 11 is 0. The fraction of sp³-hybridized carbons (Fsp3) is 0.364. The molecule has 0 radical (unpaired) electrons. The molecular weight excluding hydrogens is 226 g/mol. The Morgan fingerprint density at radius 3 is 2.41 bits per heavy atom. The Kier molecular flexibility index (Phi) is 3.36. The van der Waals surface area contributed by atoms with Crippen molar-refractivity contribution in [1.82, 2.24) is 4.98 Å². The predicted octanol–water partition coefficient (Wildman–Crippen LogP) is 1.03. The molecule has 0 bridgehead atoms. The molecule has 1 aromatic rings. The van der Waals surface area contributed by atoms with Gasteiger partial charge in [0.05, 0.1) is 5.56 Å². The van der Waals surface area contributed by atoms with E-state index in [4.69, 9.17) is 9.84 Å². The van der Waals surface area contributed by atoms with Crippen molar-refractivity contribution in [3.8, 4) is 0 Å². The first-order valence-electron chi connectivity index (χ1n) is 4.90. The van der Waals surface area contributed by atoms with Crippen molar-refractivity contribution in [2.24, 2.45) is 0 Å². The molecule has 0 aliphatic rings. The maximum atomic E-state index is 11.6. The van der Waals surface area contributed by atoms with Gasteiger partial charge in [0, 0.05) is 6.20 Å². The molecule has 1 aromatic heterocycles. The van der Waals surface area contributed by atoms with Gasteiger partial charge >= 0.3 is 11.9 Å². The number of hydrogen-bond acceptors (Lipinski definition) is 4. The highest BCUT2D eigenvalue weighted by molar-refractivity contribution is 5.94. The third-order valence-corrected chi connectivity index (χ3v) is 1.77. The standard InChI is InChI=1S/C11H13NO5/c1-11(2,3)17-10(16)7-4-6(9(14)15)5-12-8(7)13/h4-5H,1-3H3,(H,12,13)(H,14,15). The number of esters is 1. The molecule has 0 saturated carbocycles. The van der Waals surface area contributed by atoms with Crippen LogP contribution in [0.4, 0.5) is 0 Å². The lowest BCUT2D eigenvalue weighted by Crippen LogP contribution is -2.28. The molecule has 0 saturated heterocycles. The second-order valence-electron chi connectivity index (χ2n) is 4.44. The fourth-order valence-electron chi connectivity index (χ4n) is 1.09. The number of aromatic carboxylic acids is 1. The first kappa shape index (κ1) is 13.0. The Hall–Kier alpha value is -2.11. The van der Waals surface area contributed by atoms with Gasteiger partial charge in [-0.15, -0.1) is 0 Å². The van der Waals surface area contributed by atoms with Gasteiger partial charge in [0.25, 0.3) is 5.56 Å². The van der Waals surface area contributed by atoms with E-state index in [2.05, 4.69) is 4.98 Å². The molecular formula is C11H13NO5. The van der Waals surface area contributed by atoms with Crippen LogP contribution in [0, 0.1) is 0 Å². The Balaban J connectivity index is 3.13.